The standard InChI is InChI=1S/C11H22N4O/c1-6-10-12-11(13-15(10)9(2)3)16-8-7-14(4)5/h9H,6-8H2,1-5H3. The molecule has 1 aromatic heterocycles. The Balaban J connectivity index is 2.60. The van der Waals surface area contributed by atoms with E-state index in [1.54, 1.807) is 0 Å². The molecule has 0 fully saturated rings. The minimum atomic E-state index is 0.327. The minimum absolute atomic E-state index is 0.327. The molecule has 0 amide bonds. The van der Waals surface area contributed by atoms with Gasteiger partial charge in [-0.3, -0.25) is 0 Å². The third-order valence-electron chi connectivity index (χ3n) is 2.26. The summed E-state index contributed by atoms with van der Waals surface area (Å²) >= 11 is 0. The van der Waals surface area contributed by atoms with Gasteiger partial charge in [0.2, 0.25) is 0 Å². The molecule has 0 unspecified atom stereocenters. The van der Waals surface area contributed by atoms with Gasteiger partial charge >= 0.3 is 6.01 Å². The van der Waals surface area contributed by atoms with E-state index in [0.29, 0.717) is 18.7 Å². The lowest BCUT2D eigenvalue weighted by Crippen LogP contribution is -2.19. The molecule has 1 aromatic rings. The molecule has 0 saturated carbocycles. The van der Waals surface area contributed by atoms with Crippen molar-refractivity contribution in [2.75, 3.05) is 27.2 Å². The molecule has 0 spiro atoms. The van der Waals surface area contributed by atoms with E-state index < -0.39 is 0 Å². The van der Waals surface area contributed by atoms with E-state index in [0.717, 1.165) is 18.8 Å². The highest BCUT2D eigenvalue weighted by molar-refractivity contribution is 4.98. The number of hydrogen-bond donors (Lipinski definition) is 0. The largest absolute Gasteiger partial charge is 0.461 e. The molecule has 0 saturated heterocycles. The fourth-order valence-corrected chi connectivity index (χ4v) is 1.37. The molecule has 0 aliphatic rings. The molecule has 92 valence electrons. The first kappa shape index (κ1) is 13.0. The number of ether oxygens (including phenoxy) is 1. The molecule has 1 heterocycles. The first-order chi connectivity index (χ1) is 7.54. The second-order valence-electron chi connectivity index (χ2n) is 4.35. The third-order valence-corrected chi connectivity index (χ3v) is 2.26. The molecule has 0 atom stereocenters. The highest BCUT2D eigenvalue weighted by Crippen LogP contribution is 2.12. The summed E-state index contributed by atoms with van der Waals surface area (Å²) in [7, 11) is 4.03. The average Bonchev–Trinajstić information content (AvgIpc) is 2.60. The van der Waals surface area contributed by atoms with Crippen LogP contribution in [0.5, 0.6) is 6.01 Å². The van der Waals surface area contributed by atoms with Crippen molar-refractivity contribution in [1.82, 2.24) is 19.7 Å². The first-order valence-electron chi connectivity index (χ1n) is 5.77. The quantitative estimate of drug-likeness (QED) is 0.734. The summed E-state index contributed by atoms with van der Waals surface area (Å²) in [6, 6.07) is 0.820. The molecule has 0 radical (unpaired) electrons. The molecule has 5 nitrogen and oxygen atoms in total. The lowest BCUT2D eigenvalue weighted by atomic mass is 10.4. The maximum Gasteiger partial charge on any atom is 0.335 e. The van der Waals surface area contributed by atoms with E-state index in [4.69, 9.17) is 4.74 Å². The van der Waals surface area contributed by atoms with Gasteiger partial charge in [0.15, 0.2) is 0 Å². The van der Waals surface area contributed by atoms with Crippen molar-refractivity contribution in [2.24, 2.45) is 0 Å². The van der Waals surface area contributed by atoms with Crippen LogP contribution < -0.4 is 4.74 Å². The monoisotopic (exact) mass is 226 g/mol. The minimum Gasteiger partial charge on any atom is -0.461 e. The summed E-state index contributed by atoms with van der Waals surface area (Å²) in [6.45, 7) is 7.76. The number of aryl methyl sites for hydroxylation is 1. The van der Waals surface area contributed by atoms with E-state index in [1.165, 1.54) is 0 Å². The molecule has 0 aliphatic heterocycles. The van der Waals surface area contributed by atoms with Gasteiger partial charge in [-0.15, -0.1) is 5.10 Å². The molecule has 0 aliphatic carbocycles. The molecular weight excluding hydrogens is 204 g/mol. The van der Waals surface area contributed by atoms with Crippen LogP contribution in [0.1, 0.15) is 32.6 Å². The maximum absolute atomic E-state index is 5.51. The predicted molar refractivity (Wildman–Crippen MR) is 63.8 cm³/mol. The molecule has 5 heteroatoms. The Kier molecular flexibility index (Phi) is 4.73. The molecule has 0 aromatic carbocycles. The van der Waals surface area contributed by atoms with Gasteiger partial charge in [-0.25, -0.2) is 4.68 Å². The van der Waals surface area contributed by atoms with Crippen LogP contribution >= 0.6 is 0 Å². The molecule has 1 rings (SSSR count). The van der Waals surface area contributed by atoms with E-state index in [2.05, 4.69) is 35.8 Å². The fraction of sp³-hybridized carbons (Fsp3) is 0.818. The van der Waals surface area contributed by atoms with Crippen molar-refractivity contribution in [3.63, 3.8) is 0 Å². The predicted octanol–water partition coefficient (Wildman–Crippen LogP) is 1.36. The summed E-state index contributed by atoms with van der Waals surface area (Å²) in [6.07, 6.45) is 0.877. The van der Waals surface area contributed by atoms with Gasteiger partial charge in [-0.05, 0) is 27.9 Å². The van der Waals surface area contributed by atoms with Crippen LogP contribution in [-0.4, -0.2) is 46.9 Å². The number of hydrogen-bond acceptors (Lipinski definition) is 4. The van der Waals surface area contributed by atoms with Crippen molar-refractivity contribution in [1.29, 1.82) is 0 Å². The second kappa shape index (κ2) is 5.84. The van der Waals surface area contributed by atoms with E-state index in [1.807, 2.05) is 18.8 Å². The molecule has 16 heavy (non-hydrogen) atoms. The third kappa shape index (κ3) is 3.48. The van der Waals surface area contributed by atoms with E-state index in [-0.39, 0.29) is 0 Å². The Morgan fingerprint density at radius 3 is 2.50 bits per heavy atom. The smallest absolute Gasteiger partial charge is 0.335 e. The Morgan fingerprint density at radius 2 is 2.06 bits per heavy atom. The zero-order valence-corrected chi connectivity index (χ0v) is 10.9. The van der Waals surface area contributed by atoms with Crippen LogP contribution in [0.2, 0.25) is 0 Å². The lowest BCUT2D eigenvalue weighted by Gasteiger charge is -2.08. The van der Waals surface area contributed by atoms with Gasteiger partial charge in [0, 0.05) is 19.0 Å². The second-order valence-corrected chi connectivity index (χ2v) is 4.35. The van der Waals surface area contributed by atoms with Crippen LogP contribution in [0.4, 0.5) is 0 Å². The summed E-state index contributed by atoms with van der Waals surface area (Å²) in [5.74, 6) is 0.981. The lowest BCUT2D eigenvalue weighted by molar-refractivity contribution is 0.244. The highest BCUT2D eigenvalue weighted by atomic mass is 16.5. The fourth-order valence-electron chi connectivity index (χ4n) is 1.37. The van der Waals surface area contributed by atoms with Crippen LogP contribution in [0.15, 0.2) is 0 Å². The number of likely N-dealkylation sites (N-methyl/N-ethyl adjacent to an activating group) is 1. The van der Waals surface area contributed by atoms with Gasteiger partial charge in [0.25, 0.3) is 0 Å². The van der Waals surface area contributed by atoms with Crippen molar-refractivity contribution < 1.29 is 4.74 Å². The van der Waals surface area contributed by atoms with Crippen molar-refractivity contribution in [3.05, 3.63) is 5.82 Å². The van der Waals surface area contributed by atoms with Gasteiger partial charge in [0.05, 0.1) is 0 Å². The van der Waals surface area contributed by atoms with Gasteiger partial charge < -0.3 is 9.64 Å². The van der Waals surface area contributed by atoms with Crippen molar-refractivity contribution in [2.45, 2.75) is 33.2 Å². The van der Waals surface area contributed by atoms with Crippen LogP contribution in [0.25, 0.3) is 0 Å². The van der Waals surface area contributed by atoms with Gasteiger partial charge in [-0.2, -0.15) is 4.98 Å². The average molecular weight is 226 g/mol. The van der Waals surface area contributed by atoms with Crippen molar-refractivity contribution >= 4 is 0 Å². The topological polar surface area (TPSA) is 43.2 Å². The van der Waals surface area contributed by atoms with Gasteiger partial charge in [-0.1, -0.05) is 6.92 Å². The Hall–Kier alpha value is -1.10. The SMILES string of the molecule is CCc1nc(OCCN(C)C)nn1C(C)C. The zero-order chi connectivity index (χ0) is 12.1. The Bertz CT molecular complexity index is 320. The Labute approximate surface area is 97.4 Å². The van der Waals surface area contributed by atoms with Gasteiger partial charge in [0.1, 0.15) is 12.4 Å². The van der Waals surface area contributed by atoms with Crippen LogP contribution in [0.3, 0.4) is 0 Å². The highest BCUT2D eigenvalue weighted by Gasteiger charge is 2.11. The van der Waals surface area contributed by atoms with Crippen molar-refractivity contribution in [3.8, 4) is 6.01 Å². The summed E-state index contributed by atoms with van der Waals surface area (Å²) in [4.78, 5) is 6.43. The summed E-state index contributed by atoms with van der Waals surface area (Å²) in [5, 5.41) is 4.34. The zero-order valence-electron chi connectivity index (χ0n) is 10.9. The van der Waals surface area contributed by atoms with Crippen LogP contribution in [0, 0.1) is 0 Å². The van der Waals surface area contributed by atoms with E-state index >= 15 is 0 Å². The molecular formula is C11H22N4O. The molecule has 0 bridgehead atoms. The van der Waals surface area contributed by atoms with Crippen LogP contribution in [-0.2, 0) is 6.42 Å². The van der Waals surface area contributed by atoms with E-state index in [9.17, 15) is 0 Å². The molecule has 0 N–H and O–H groups in total. The first-order valence-corrected chi connectivity index (χ1v) is 5.77. The Morgan fingerprint density at radius 1 is 1.38 bits per heavy atom. The normalized spacial score (nSPS) is 11.4. The summed E-state index contributed by atoms with van der Waals surface area (Å²) in [5.41, 5.74) is 0. The number of aromatic nitrogens is 3. The maximum atomic E-state index is 5.51. The number of rotatable bonds is 6. The number of nitrogens with zero attached hydrogens (tertiary/aromatic N) is 4. The summed E-state index contributed by atoms with van der Waals surface area (Å²) < 4.78 is 7.43.